The second-order valence-electron chi connectivity index (χ2n) is 6.29. The highest BCUT2D eigenvalue weighted by molar-refractivity contribution is 6.35. The molecule has 0 bridgehead atoms. The van der Waals surface area contributed by atoms with E-state index in [1.54, 1.807) is 0 Å². The quantitative estimate of drug-likeness (QED) is 0.589. The van der Waals surface area contributed by atoms with E-state index in [1.807, 2.05) is 72.8 Å². The first-order valence-electron chi connectivity index (χ1n) is 8.91. The molecule has 3 aromatic rings. The lowest BCUT2D eigenvalue weighted by Gasteiger charge is -2.14. The maximum atomic E-state index is 12.0. The zero-order valence-electron chi connectivity index (χ0n) is 14.9. The Morgan fingerprint density at radius 2 is 1.48 bits per heavy atom. The molecule has 0 aliphatic rings. The number of carbonyl (C=O) groups excluding carboxylic acids is 2. The number of fused-ring (bicyclic) bond motifs is 1. The highest BCUT2D eigenvalue weighted by Crippen LogP contribution is 2.23. The number of amides is 2. The van der Waals surface area contributed by atoms with E-state index >= 15 is 0 Å². The minimum atomic E-state index is -0.892. The Bertz CT molecular complexity index is 920. The van der Waals surface area contributed by atoms with Crippen LogP contribution in [0.25, 0.3) is 10.8 Å². The van der Waals surface area contributed by atoms with Crippen LogP contribution in [0.1, 0.15) is 17.2 Å². The van der Waals surface area contributed by atoms with Crippen LogP contribution in [0, 0.1) is 0 Å². The lowest BCUT2D eigenvalue weighted by molar-refractivity contribution is -0.139. The molecule has 1 atom stereocenters. The molecule has 0 saturated heterocycles. The van der Waals surface area contributed by atoms with Crippen LogP contribution in [0.4, 0.5) is 0 Å². The molecule has 5 nitrogen and oxygen atoms in total. The van der Waals surface area contributed by atoms with Gasteiger partial charge in [0.25, 0.3) is 0 Å². The maximum absolute atomic E-state index is 12.0. The van der Waals surface area contributed by atoms with E-state index in [0.29, 0.717) is 13.0 Å². The highest BCUT2D eigenvalue weighted by atomic mass is 16.3. The number of hydrogen-bond donors (Lipinski definition) is 3. The number of nitrogens with one attached hydrogen (secondary N) is 2. The van der Waals surface area contributed by atoms with Crippen molar-refractivity contribution in [2.75, 3.05) is 13.1 Å². The Kier molecular flexibility index (Phi) is 6.18. The molecular weight excluding hydrogens is 340 g/mol. The van der Waals surface area contributed by atoms with Crippen molar-refractivity contribution in [3.8, 4) is 0 Å². The van der Waals surface area contributed by atoms with Crippen LogP contribution in [-0.4, -0.2) is 30.0 Å². The van der Waals surface area contributed by atoms with Crippen LogP contribution >= 0.6 is 0 Å². The summed E-state index contributed by atoms with van der Waals surface area (Å²) in [6.45, 7) is 0.348. The van der Waals surface area contributed by atoms with E-state index in [2.05, 4.69) is 10.6 Å². The third-order valence-electron chi connectivity index (χ3n) is 4.39. The lowest BCUT2D eigenvalue weighted by Crippen LogP contribution is -2.42. The summed E-state index contributed by atoms with van der Waals surface area (Å²) in [4.78, 5) is 23.8. The molecule has 0 radical (unpaired) electrons. The van der Waals surface area contributed by atoms with Crippen LogP contribution in [0.15, 0.2) is 72.8 Å². The molecule has 0 aromatic heterocycles. The van der Waals surface area contributed by atoms with E-state index in [4.69, 9.17) is 0 Å². The minimum Gasteiger partial charge on any atom is -0.387 e. The summed E-state index contributed by atoms with van der Waals surface area (Å²) in [5.74, 6) is -1.45. The summed E-state index contributed by atoms with van der Waals surface area (Å²) in [5, 5.41) is 17.5. The van der Waals surface area contributed by atoms with Crippen LogP contribution in [0.2, 0.25) is 0 Å². The normalized spacial score (nSPS) is 11.7. The predicted octanol–water partition coefficient (Wildman–Crippen LogP) is 2.35. The number of rotatable bonds is 6. The van der Waals surface area contributed by atoms with Gasteiger partial charge in [-0.05, 0) is 28.3 Å². The molecule has 0 saturated carbocycles. The van der Waals surface area contributed by atoms with Crippen LogP contribution in [0.3, 0.4) is 0 Å². The minimum absolute atomic E-state index is 0.0288. The monoisotopic (exact) mass is 362 g/mol. The van der Waals surface area contributed by atoms with Gasteiger partial charge in [0, 0.05) is 13.1 Å². The summed E-state index contributed by atoms with van der Waals surface area (Å²) in [7, 11) is 0. The Hall–Kier alpha value is -3.18. The molecule has 138 valence electrons. The van der Waals surface area contributed by atoms with Gasteiger partial charge in [-0.3, -0.25) is 9.59 Å². The van der Waals surface area contributed by atoms with Gasteiger partial charge >= 0.3 is 11.8 Å². The van der Waals surface area contributed by atoms with Crippen molar-refractivity contribution < 1.29 is 14.7 Å². The van der Waals surface area contributed by atoms with Gasteiger partial charge in [-0.25, -0.2) is 0 Å². The van der Waals surface area contributed by atoms with Gasteiger partial charge in [0.1, 0.15) is 0 Å². The van der Waals surface area contributed by atoms with Gasteiger partial charge in [-0.1, -0.05) is 72.8 Å². The summed E-state index contributed by atoms with van der Waals surface area (Å²) >= 11 is 0. The maximum Gasteiger partial charge on any atom is 0.309 e. The fourth-order valence-corrected chi connectivity index (χ4v) is 2.97. The van der Waals surface area contributed by atoms with Crippen molar-refractivity contribution in [3.63, 3.8) is 0 Å². The highest BCUT2D eigenvalue weighted by Gasteiger charge is 2.16. The van der Waals surface area contributed by atoms with Gasteiger partial charge in [-0.15, -0.1) is 0 Å². The standard InChI is InChI=1S/C22H22N2O3/c25-20(19-12-6-10-17-9-4-5-11-18(17)19)15-24-22(27)21(26)23-14-13-16-7-2-1-3-8-16/h1-12,20,25H,13-15H2,(H,23,26)(H,24,27). The first kappa shape index (κ1) is 18.6. The van der Waals surface area contributed by atoms with Crippen molar-refractivity contribution in [1.29, 1.82) is 0 Å². The number of hydrogen-bond acceptors (Lipinski definition) is 3. The topological polar surface area (TPSA) is 78.4 Å². The molecule has 1 unspecified atom stereocenters. The fourth-order valence-electron chi connectivity index (χ4n) is 2.97. The molecule has 0 aliphatic carbocycles. The van der Waals surface area contributed by atoms with E-state index in [0.717, 1.165) is 21.9 Å². The first-order chi connectivity index (χ1) is 13.1. The summed E-state index contributed by atoms with van der Waals surface area (Å²) in [5.41, 5.74) is 1.81. The molecule has 3 aromatic carbocycles. The number of aliphatic hydroxyl groups excluding tert-OH is 1. The van der Waals surface area contributed by atoms with Crippen LogP contribution in [0.5, 0.6) is 0 Å². The largest absolute Gasteiger partial charge is 0.387 e. The lowest BCUT2D eigenvalue weighted by atomic mass is 10.0. The third kappa shape index (κ3) is 4.92. The molecular formula is C22H22N2O3. The van der Waals surface area contributed by atoms with E-state index in [-0.39, 0.29) is 6.54 Å². The second-order valence-corrected chi connectivity index (χ2v) is 6.29. The molecule has 0 aliphatic heterocycles. The van der Waals surface area contributed by atoms with Crippen molar-refractivity contribution in [1.82, 2.24) is 10.6 Å². The van der Waals surface area contributed by atoms with Crippen molar-refractivity contribution in [2.24, 2.45) is 0 Å². The second kappa shape index (κ2) is 8.96. The average Bonchev–Trinajstić information content (AvgIpc) is 2.72. The Morgan fingerprint density at radius 3 is 2.30 bits per heavy atom. The first-order valence-corrected chi connectivity index (χ1v) is 8.91. The van der Waals surface area contributed by atoms with Crippen molar-refractivity contribution in [3.05, 3.63) is 83.9 Å². The van der Waals surface area contributed by atoms with Crippen LogP contribution in [-0.2, 0) is 16.0 Å². The molecule has 0 spiro atoms. The predicted molar refractivity (Wildman–Crippen MR) is 105 cm³/mol. The van der Waals surface area contributed by atoms with Gasteiger partial charge in [0.05, 0.1) is 6.10 Å². The fraction of sp³-hybridized carbons (Fsp3) is 0.182. The Morgan fingerprint density at radius 1 is 0.815 bits per heavy atom. The summed E-state index contributed by atoms with van der Waals surface area (Å²) in [6.07, 6.45) is -0.240. The molecule has 3 rings (SSSR count). The van der Waals surface area contributed by atoms with E-state index < -0.39 is 17.9 Å². The van der Waals surface area contributed by atoms with Gasteiger partial charge in [-0.2, -0.15) is 0 Å². The van der Waals surface area contributed by atoms with Gasteiger partial charge in [0.2, 0.25) is 0 Å². The smallest absolute Gasteiger partial charge is 0.309 e. The van der Waals surface area contributed by atoms with Crippen molar-refractivity contribution in [2.45, 2.75) is 12.5 Å². The van der Waals surface area contributed by atoms with E-state index in [1.165, 1.54) is 0 Å². The average molecular weight is 362 g/mol. The number of carbonyl (C=O) groups is 2. The SMILES string of the molecule is O=C(NCCc1ccccc1)C(=O)NCC(O)c1cccc2ccccc12. The molecule has 5 heteroatoms. The zero-order chi connectivity index (χ0) is 19.1. The number of aliphatic hydroxyl groups is 1. The molecule has 0 heterocycles. The summed E-state index contributed by atoms with van der Waals surface area (Å²) < 4.78 is 0. The Balaban J connectivity index is 1.50. The van der Waals surface area contributed by atoms with Gasteiger partial charge in [0.15, 0.2) is 0 Å². The Labute approximate surface area is 158 Å². The molecule has 3 N–H and O–H groups in total. The zero-order valence-corrected chi connectivity index (χ0v) is 14.9. The summed E-state index contributed by atoms with van der Waals surface area (Å²) in [6, 6.07) is 23.1. The molecule has 27 heavy (non-hydrogen) atoms. The van der Waals surface area contributed by atoms with E-state index in [9.17, 15) is 14.7 Å². The van der Waals surface area contributed by atoms with Crippen LogP contribution < -0.4 is 10.6 Å². The van der Waals surface area contributed by atoms with Gasteiger partial charge < -0.3 is 15.7 Å². The third-order valence-corrected chi connectivity index (χ3v) is 4.39. The molecule has 0 fully saturated rings. The number of benzene rings is 3. The molecule has 2 amide bonds. The van der Waals surface area contributed by atoms with Crippen molar-refractivity contribution >= 4 is 22.6 Å².